The van der Waals surface area contributed by atoms with Crippen LogP contribution >= 0.6 is 11.6 Å². The van der Waals surface area contributed by atoms with Crippen molar-refractivity contribution in [3.8, 4) is 11.6 Å². The zero-order valence-electron chi connectivity index (χ0n) is 10.6. The van der Waals surface area contributed by atoms with Gasteiger partial charge in [-0.1, -0.05) is 18.2 Å². The van der Waals surface area contributed by atoms with E-state index in [1.165, 1.54) is 0 Å². The number of aromatic amines is 1. The second-order valence-corrected chi connectivity index (χ2v) is 4.73. The summed E-state index contributed by atoms with van der Waals surface area (Å²) < 4.78 is 5.78. The Morgan fingerprint density at radius 2 is 2.00 bits per heavy atom. The van der Waals surface area contributed by atoms with Crippen LogP contribution in [0.2, 0.25) is 5.28 Å². The number of hydrogen-bond acceptors (Lipinski definition) is 5. The number of fused-ring (bicyclic) bond motifs is 2. The quantitative estimate of drug-likeness (QED) is 0.574. The van der Waals surface area contributed by atoms with E-state index in [1.54, 1.807) is 12.4 Å². The molecule has 0 bridgehead atoms. The molecule has 0 aliphatic rings. The molecule has 0 atom stereocenters. The summed E-state index contributed by atoms with van der Waals surface area (Å²) in [6.45, 7) is 0. The molecule has 6 nitrogen and oxygen atoms in total. The first-order valence-corrected chi connectivity index (χ1v) is 6.57. The van der Waals surface area contributed by atoms with Gasteiger partial charge in [0.1, 0.15) is 11.1 Å². The molecular weight excluding hydrogens is 290 g/mol. The summed E-state index contributed by atoms with van der Waals surface area (Å²) >= 11 is 5.88. The van der Waals surface area contributed by atoms with E-state index >= 15 is 0 Å². The van der Waals surface area contributed by atoms with Crippen LogP contribution in [0.5, 0.6) is 11.6 Å². The normalized spacial score (nSPS) is 11.1. The number of pyridine rings is 1. The van der Waals surface area contributed by atoms with Gasteiger partial charge < -0.3 is 4.74 Å². The molecule has 3 aromatic heterocycles. The molecule has 0 unspecified atom stereocenters. The second kappa shape index (κ2) is 4.68. The predicted molar refractivity (Wildman–Crippen MR) is 78.5 cm³/mol. The van der Waals surface area contributed by atoms with Gasteiger partial charge in [0.25, 0.3) is 0 Å². The molecule has 4 aromatic rings. The van der Waals surface area contributed by atoms with Crippen LogP contribution in [0.3, 0.4) is 0 Å². The van der Waals surface area contributed by atoms with Crippen molar-refractivity contribution in [2.24, 2.45) is 0 Å². The van der Waals surface area contributed by atoms with Crippen molar-refractivity contribution in [2.75, 3.05) is 0 Å². The summed E-state index contributed by atoms with van der Waals surface area (Å²) in [4.78, 5) is 12.5. The van der Waals surface area contributed by atoms with Crippen molar-refractivity contribution in [3.63, 3.8) is 0 Å². The highest BCUT2D eigenvalue weighted by Crippen LogP contribution is 2.28. The van der Waals surface area contributed by atoms with E-state index in [4.69, 9.17) is 16.3 Å². The van der Waals surface area contributed by atoms with Gasteiger partial charge in [0.2, 0.25) is 11.2 Å². The number of rotatable bonds is 2. The summed E-state index contributed by atoms with van der Waals surface area (Å²) in [5, 5.41) is 8.39. The standard InChI is InChI=1S/C14H8ClN5O/c15-14-18-12-10(7-17-20-12)13(19-14)21-9-5-8-3-1-2-4-11(8)16-6-9/h1-7H,(H,17,18,19,20). The fourth-order valence-electron chi connectivity index (χ4n) is 2.08. The summed E-state index contributed by atoms with van der Waals surface area (Å²) in [6.07, 6.45) is 3.24. The maximum Gasteiger partial charge on any atom is 0.234 e. The van der Waals surface area contributed by atoms with E-state index in [0.29, 0.717) is 22.7 Å². The van der Waals surface area contributed by atoms with Gasteiger partial charge in [-0.25, -0.2) is 0 Å². The molecule has 0 saturated carbocycles. The highest BCUT2D eigenvalue weighted by Gasteiger charge is 2.11. The van der Waals surface area contributed by atoms with Gasteiger partial charge in [0.05, 0.1) is 17.9 Å². The Hall–Kier alpha value is -2.73. The topological polar surface area (TPSA) is 76.6 Å². The van der Waals surface area contributed by atoms with Crippen molar-refractivity contribution in [1.29, 1.82) is 0 Å². The minimum atomic E-state index is 0.0931. The summed E-state index contributed by atoms with van der Waals surface area (Å²) in [7, 11) is 0. The first-order valence-electron chi connectivity index (χ1n) is 6.19. The van der Waals surface area contributed by atoms with Crippen LogP contribution in [0.25, 0.3) is 21.9 Å². The smallest absolute Gasteiger partial charge is 0.234 e. The molecular formula is C14H8ClN5O. The maximum atomic E-state index is 5.88. The first-order chi connectivity index (χ1) is 10.3. The number of aromatic nitrogens is 5. The Balaban J connectivity index is 1.80. The Kier molecular flexibility index (Phi) is 2.68. The molecule has 0 aliphatic heterocycles. The molecule has 102 valence electrons. The van der Waals surface area contributed by atoms with Crippen LogP contribution in [0.15, 0.2) is 42.7 Å². The van der Waals surface area contributed by atoms with Crippen molar-refractivity contribution in [2.45, 2.75) is 0 Å². The van der Waals surface area contributed by atoms with Gasteiger partial charge in [-0.05, 0) is 23.7 Å². The zero-order valence-corrected chi connectivity index (χ0v) is 11.4. The van der Waals surface area contributed by atoms with Crippen LogP contribution in [-0.4, -0.2) is 25.1 Å². The molecule has 0 saturated heterocycles. The molecule has 0 radical (unpaired) electrons. The van der Waals surface area contributed by atoms with Crippen LogP contribution in [-0.2, 0) is 0 Å². The van der Waals surface area contributed by atoms with Crippen molar-refractivity contribution < 1.29 is 4.74 Å². The van der Waals surface area contributed by atoms with E-state index in [1.807, 2.05) is 30.3 Å². The van der Waals surface area contributed by atoms with Gasteiger partial charge in [0.15, 0.2) is 5.65 Å². The average molecular weight is 298 g/mol. The lowest BCUT2D eigenvalue weighted by Gasteiger charge is -2.06. The van der Waals surface area contributed by atoms with E-state index in [2.05, 4.69) is 25.1 Å². The SMILES string of the molecule is Clc1nc(Oc2cnc3ccccc3c2)c2cn[nH]c2n1. The average Bonchev–Trinajstić information content (AvgIpc) is 2.95. The largest absolute Gasteiger partial charge is 0.436 e. The molecule has 21 heavy (non-hydrogen) atoms. The number of halogens is 1. The number of hydrogen-bond donors (Lipinski definition) is 1. The summed E-state index contributed by atoms with van der Waals surface area (Å²) in [6, 6.07) is 9.69. The van der Waals surface area contributed by atoms with Crippen LogP contribution in [0.1, 0.15) is 0 Å². The lowest BCUT2D eigenvalue weighted by molar-refractivity contribution is 0.467. The maximum absolute atomic E-state index is 5.88. The van der Waals surface area contributed by atoms with Gasteiger partial charge in [-0.2, -0.15) is 15.1 Å². The number of H-pyrrole nitrogens is 1. The molecule has 1 aromatic carbocycles. The summed E-state index contributed by atoms with van der Waals surface area (Å²) in [5.41, 5.74) is 1.43. The Morgan fingerprint density at radius 1 is 1.10 bits per heavy atom. The zero-order chi connectivity index (χ0) is 14.2. The fraction of sp³-hybridized carbons (Fsp3) is 0. The van der Waals surface area contributed by atoms with Gasteiger partial charge in [-0.3, -0.25) is 10.1 Å². The van der Waals surface area contributed by atoms with Crippen molar-refractivity contribution in [1.82, 2.24) is 25.1 Å². The van der Waals surface area contributed by atoms with Gasteiger partial charge >= 0.3 is 0 Å². The Bertz CT molecular complexity index is 952. The van der Waals surface area contributed by atoms with E-state index in [-0.39, 0.29) is 5.28 Å². The minimum absolute atomic E-state index is 0.0931. The number of para-hydroxylation sites is 1. The monoisotopic (exact) mass is 297 g/mol. The van der Waals surface area contributed by atoms with Crippen molar-refractivity contribution >= 4 is 33.5 Å². The predicted octanol–water partition coefficient (Wildman–Crippen LogP) is 3.35. The Labute approximate surface area is 123 Å². The van der Waals surface area contributed by atoms with Crippen LogP contribution < -0.4 is 4.74 Å². The third-order valence-electron chi connectivity index (χ3n) is 3.03. The van der Waals surface area contributed by atoms with E-state index in [9.17, 15) is 0 Å². The number of benzene rings is 1. The third-order valence-corrected chi connectivity index (χ3v) is 3.20. The number of nitrogens with zero attached hydrogens (tertiary/aromatic N) is 4. The first kappa shape index (κ1) is 12.0. The molecule has 0 fully saturated rings. The highest BCUT2D eigenvalue weighted by molar-refractivity contribution is 6.28. The fourth-order valence-corrected chi connectivity index (χ4v) is 2.24. The van der Waals surface area contributed by atoms with E-state index < -0.39 is 0 Å². The van der Waals surface area contributed by atoms with Crippen LogP contribution in [0.4, 0.5) is 0 Å². The molecule has 0 amide bonds. The molecule has 1 N–H and O–H groups in total. The van der Waals surface area contributed by atoms with Gasteiger partial charge in [-0.15, -0.1) is 0 Å². The Morgan fingerprint density at radius 3 is 2.95 bits per heavy atom. The molecule has 0 spiro atoms. The molecule has 3 heterocycles. The molecule has 4 rings (SSSR count). The van der Waals surface area contributed by atoms with Crippen LogP contribution in [0, 0.1) is 0 Å². The third kappa shape index (κ3) is 2.15. The highest BCUT2D eigenvalue weighted by atomic mass is 35.5. The lowest BCUT2D eigenvalue weighted by Crippen LogP contribution is -1.92. The second-order valence-electron chi connectivity index (χ2n) is 4.40. The molecule has 7 heteroatoms. The van der Waals surface area contributed by atoms with Gasteiger partial charge in [0, 0.05) is 5.39 Å². The molecule has 0 aliphatic carbocycles. The minimum Gasteiger partial charge on any atom is -0.436 e. The summed E-state index contributed by atoms with van der Waals surface area (Å²) in [5.74, 6) is 0.918. The number of nitrogens with one attached hydrogen (secondary N) is 1. The van der Waals surface area contributed by atoms with E-state index in [0.717, 1.165) is 10.9 Å². The van der Waals surface area contributed by atoms with Crippen molar-refractivity contribution in [3.05, 3.63) is 48.0 Å². The lowest BCUT2D eigenvalue weighted by atomic mass is 10.2. The number of ether oxygens (including phenoxy) is 1.